The van der Waals surface area contributed by atoms with Gasteiger partial charge < -0.3 is 5.11 Å². The molecule has 0 unspecified atom stereocenters. The Morgan fingerprint density at radius 1 is 0.840 bits per heavy atom. The monoisotopic (exact) mass is 375 g/mol. The average molecular weight is 375 g/mol. The predicted octanol–water partition coefficient (Wildman–Crippen LogP) is 3.41. The molecular weight excluding hydrogens is 358 g/mol. The van der Waals surface area contributed by atoms with Gasteiger partial charge in [-0.1, -0.05) is 24.3 Å². The van der Waals surface area contributed by atoms with Crippen LogP contribution in [0.25, 0.3) is 0 Å². The van der Waals surface area contributed by atoms with Crippen LogP contribution in [0.1, 0.15) is 33.6 Å². The van der Waals surface area contributed by atoms with Crippen molar-refractivity contribution in [2.24, 2.45) is 0 Å². The lowest BCUT2D eigenvalue weighted by atomic mass is 10.1. The number of nitrogens with zero attached hydrogens (tertiary/aromatic N) is 1. The Bertz CT molecular complexity index is 750. The fourth-order valence-corrected chi connectivity index (χ4v) is 2.80. The lowest BCUT2D eigenvalue weighted by Gasteiger charge is -2.22. The van der Waals surface area contributed by atoms with Crippen LogP contribution in [-0.2, 0) is 4.79 Å². The molecule has 0 spiro atoms. The number of imide groups is 1. The number of carbonyl (C=O) groups excluding carboxylic acids is 2. The van der Waals surface area contributed by atoms with E-state index < -0.39 is 17.8 Å². The number of thiol groups is 2. The lowest BCUT2D eigenvalue weighted by Crippen LogP contribution is -2.38. The first-order valence-corrected chi connectivity index (χ1v) is 8.45. The molecule has 5 nitrogen and oxygen atoms in total. The summed E-state index contributed by atoms with van der Waals surface area (Å²) in [4.78, 5) is 38.4. The Morgan fingerprint density at radius 2 is 1.28 bits per heavy atom. The van der Waals surface area contributed by atoms with Gasteiger partial charge in [0.25, 0.3) is 11.8 Å². The molecule has 0 atom stereocenters. The minimum Gasteiger partial charge on any atom is -0.481 e. The number of aliphatic carboxylic acids is 1. The Hall–Kier alpha value is -2.25. The fourth-order valence-electron chi connectivity index (χ4n) is 2.28. The maximum Gasteiger partial charge on any atom is 0.303 e. The first kappa shape index (κ1) is 19.1. The van der Waals surface area contributed by atoms with Gasteiger partial charge in [-0.05, 0) is 30.7 Å². The summed E-state index contributed by atoms with van der Waals surface area (Å²) in [5, 5.41) is 8.81. The summed E-state index contributed by atoms with van der Waals surface area (Å²) in [6, 6.07) is 13.3. The molecule has 0 aliphatic carbocycles. The molecule has 2 amide bonds. The van der Waals surface area contributed by atoms with E-state index in [2.05, 4.69) is 25.3 Å². The summed E-state index contributed by atoms with van der Waals surface area (Å²) >= 11 is 8.53. The van der Waals surface area contributed by atoms with E-state index in [9.17, 15) is 14.4 Å². The highest BCUT2D eigenvalue weighted by Crippen LogP contribution is 2.20. The third kappa shape index (κ3) is 4.87. The zero-order chi connectivity index (χ0) is 18.4. The van der Waals surface area contributed by atoms with Crippen LogP contribution in [0.4, 0.5) is 0 Å². The van der Waals surface area contributed by atoms with Crippen molar-refractivity contribution >= 4 is 43.0 Å². The first-order chi connectivity index (χ1) is 11.9. The van der Waals surface area contributed by atoms with E-state index in [0.29, 0.717) is 9.79 Å². The fraction of sp³-hybridized carbons (Fsp3) is 0.167. The maximum atomic E-state index is 12.9. The van der Waals surface area contributed by atoms with Crippen molar-refractivity contribution < 1.29 is 19.5 Å². The normalized spacial score (nSPS) is 10.3. The van der Waals surface area contributed by atoms with Crippen LogP contribution in [0.2, 0.25) is 0 Å². The Labute approximate surface area is 156 Å². The number of amides is 2. The second kappa shape index (κ2) is 8.73. The lowest BCUT2D eigenvalue weighted by molar-refractivity contribution is -0.137. The number of hydrogen-bond acceptors (Lipinski definition) is 5. The Kier molecular flexibility index (Phi) is 6.66. The molecule has 0 fully saturated rings. The third-order valence-corrected chi connectivity index (χ3v) is 4.31. The van der Waals surface area contributed by atoms with Gasteiger partial charge in [0.15, 0.2) is 0 Å². The number of carboxylic acid groups (broad SMARTS) is 1. The third-order valence-electron chi connectivity index (χ3n) is 3.53. The molecule has 0 saturated heterocycles. The largest absolute Gasteiger partial charge is 0.481 e. The maximum absolute atomic E-state index is 12.9. The summed E-state index contributed by atoms with van der Waals surface area (Å²) in [5.41, 5.74) is 0.567. The van der Waals surface area contributed by atoms with E-state index in [4.69, 9.17) is 5.11 Å². The second-order valence-electron chi connectivity index (χ2n) is 5.29. The van der Waals surface area contributed by atoms with Crippen molar-refractivity contribution in [3.8, 4) is 0 Å². The zero-order valence-corrected chi connectivity index (χ0v) is 15.0. The van der Waals surface area contributed by atoms with E-state index in [0.717, 1.165) is 4.90 Å². The highest BCUT2D eigenvalue weighted by molar-refractivity contribution is 7.80. The van der Waals surface area contributed by atoms with Crippen molar-refractivity contribution in [1.82, 2.24) is 4.90 Å². The molecule has 7 heteroatoms. The van der Waals surface area contributed by atoms with Crippen molar-refractivity contribution in [2.45, 2.75) is 22.6 Å². The summed E-state index contributed by atoms with van der Waals surface area (Å²) < 4.78 is 0. The molecule has 0 bridgehead atoms. The van der Waals surface area contributed by atoms with E-state index in [1.807, 2.05) is 0 Å². The number of carbonyl (C=O) groups is 3. The standard InChI is InChI=1S/C18H17NO4S2/c20-16(21)10-5-11-19(17(22)12-6-1-3-8-14(12)24)18(23)13-7-2-4-9-15(13)25/h1-4,6-9,24-25H,5,10-11H2,(H,20,21). The molecule has 2 aromatic rings. The summed E-state index contributed by atoms with van der Waals surface area (Å²) in [5.74, 6) is -2.01. The number of rotatable bonds is 6. The van der Waals surface area contributed by atoms with Crippen molar-refractivity contribution in [2.75, 3.05) is 6.54 Å². The number of carboxylic acids is 1. The molecule has 0 aromatic heterocycles. The first-order valence-electron chi connectivity index (χ1n) is 7.55. The van der Waals surface area contributed by atoms with Crippen LogP contribution >= 0.6 is 25.3 Å². The summed E-state index contributed by atoms with van der Waals surface area (Å²) in [6.45, 7) is -0.00576. The van der Waals surface area contributed by atoms with Gasteiger partial charge in [0.2, 0.25) is 0 Å². The Morgan fingerprint density at radius 3 is 1.68 bits per heavy atom. The molecule has 0 saturated carbocycles. The molecular formula is C18H17NO4S2. The molecule has 1 N–H and O–H groups in total. The van der Waals surface area contributed by atoms with Gasteiger partial charge >= 0.3 is 5.97 Å². The van der Waals surface area contributed by atoms with Gasteiger partial charge in [0, 0.05) is 22.8 Å². The van der Waals surface area contributed by atoms with E-state index >= 15 is 0 Å². The van der Waals surface area contributed by atoms with E-state index in [-0.39, 0.29) is 30.5 Å². The van der Waals surface area contributed by atoms with Crippen LogP contribution in [0, 0.1) is 0 Å². The zero-order valence-electron chi connectivity index (χ0n) is 13.3. The molecule has 2 rings (SSSR count). The minimum atomic E-state index is -0.982. The molecule has 25 heavy (non-hydrogen) atoms. The van der Waals surface area contributed by atoms with Crippen LogP contribution < -0.4 is 0 Å². The number of hydrogen-bond donors (Lipinski definition) is 3. The van der Waals surface area contributed by atoms with Crippen molar-refractivity contribution in [3.05, 3.63) is 59.7 Å². The summed E-state index contributed by atoms with van der Waals surface area (Å²) in [6.07, 6.45) is 0.0262. The van der Waals surface area contributed by atoms with Crippen LogP contribution in [0.15, 0.2) is 58.3 Å². The molecule has 2 aromatic carbocycles. The van der Waals surface area contributed by atoms with Gasteiger partial charge in [-0.25, -0.2) is 0 Å². The van der Waals surface area contributed by atoms with Crippen molar-refractivity contribution in [1.29, 1.82) is 0 Å². The SMILES string of the molecule is O=C(O)CCCN(C(=O)c1ccccc1S)C(=O)c1ccccc1S. The van der Waals surface area contributed by atoms with E-state index in [1.165, 1.54) is 0 Å². The van der Waals surface area contributed by atoms with Gasteiger partial charge in [-0.3, -0.25) is 19.3 Å². The molecule has 0 radical (unpaired) electrons. The van der Waals surface area contributed by atoms with Crippen LogP contribution in [0.3, 0.4) is 0 Å². The molecule has 130 valence electrons. The van der Waals surface area contributed by atoms with Crippen LogP contribution in [-0.4, -0.2) is 34.3 Å². The second-order valence-corrected chi connectivity index (χ2v) is 6.26. The van der Waals surface area contributed by atoms with Gasteiger partial charge in [0.05, 0.1) is 11.1 Å². The molecule has 0 heterocycles. The average Bonchev–Trinajstić information content (AvgIpc) is 2.58. The van der Waals surface area contributed by atoms with Crippen LogP contribution in [0.5, 0.6) is 0 Å². The topological polar surface area (TPSA) is 74.7 Å². The molecule has 0 aliphatic heterocycles. The van der Waals surface area contributed by atoms with Gasteiger partial charge in [0.1, 0.15) is 0 Å². The quantitative estimate of drug-likeness (QED) is 0.534. The summed E-state index contributed by atoms with van der Waals surface area (Å²) in [7, 11) is 0. The van der Waals surface area contributed by atoms with Gasteiger partial charge in [-0.15, -0.1) is 25.3 Å². The van der Waals surface area contributed by atoms with E-state index in [1.54, 1.807) is 48.5 Å². The molecule has 0 aliphatic rings. The highest BCUT2D eigenvalue weighted by atomic mass is 32.1. The predicted molar refractivity (Wildman–Crippen MR) is 99.6 cm³/mol. The minimum absolute atomic E-state index is 0.00576. The van der Waals surface area contributed by atoms with Crippen molar-refractivity contribution in [3.63, 3.8) is 0 Å². The Balaban J connectivity index is 2.34. The van der Waals surface area contributed by atoms with Gasteiger partial charge in [-0.2, -0.15) is 0 Å². The number of benzene rings is 2. The highest BCUT2D eigenvalue weighted by Gasteiger charge is 2.26. The smallest absolute Gasteiger partial charge is 0.303 e.